The zero-order valence-electron chi connectivity index (χ0n) is 26.6. The molecule has 3 rings (SSSR count). The molecule has 2 saturated heterocycles. The largest absolute Gasteiger partial charge is 0.477 e. The van der Waals surface area contributed by atoms with Crippen molar-refractivity contribution in [1.29, 1.82) is 0 Å². The van der Waals surface area contributed by atoms with Gasteiger partial charge in [0.25, 0.3) is 5.79 Å². The van der Waals surface area contributed by atoms with Crippen LogP contribution < -0.4 is 22.1 Å². The smallest absolute Gasteiger partial charge is 0.475 e. The van der Waals surface area contributed by atoms with Gasteiger partial charge in [0, 0.05) is 25.6 Å². The van der Waals surface area contributed by atoms with Crippen LogP contribution in [0.5, 0.6) is 0 Å². The maximum Gasteiger partial charge on any atom is 0.475 e. The van der Waals surface area contributed by atoms with Gasteiger partial charge in [0.2, 0.25) is 11.8 Å². The van der Waals surface area contributed by atoms with Crippen LogP contribution in [0.2, 0.25) is 0 Å². The first-order valence-electron chi connectivity index (χ1n) is 15.2. The number of aliphatic carboxylic acids is 1. The lowest BCUT2D eigenvalue weighted by Crippen LogP contribution is -2.68. The second-order valence-electron chi connectivity index (χ2n) is 11.3. The summed E-state index contributed by atoms with van der Waals surface area (Å²) in [6.07, 6.45) is -14.7. The standard InChI is InChI=1S/C26H42N5O18P/c1-2-6-45-7-4-16(35)28-9-17(36)30-18-12(33)8-26(24(40)41,48-22(18)19(37)13(34)10-32)49-50(43,44)46-11-14-20(38)21(39)23(47-14)31-5-3-15(27)29-25(31)42/h3,5,12-14,18-23,32-34,37-39H,2,4,6-11H2,1H3,(H,28,35)(H,30,36)(H,40,41)(H,43,44)(H2,27,29,42)/t12?,13-,14-,18?,19?,20+,21+,22?,23-,26?/m1/s1. The molecule has 0 saturated carbocycles. The van der Waals surface area contributed by atoms with Gasteiger partial charge in [-0.1, -0.05) is 6.92 Å². The number of anilines is 1. The molecule has 50 heavy (non-hydrogen) atoms. The van der Waals surface area contributed by atoms with Crippen LogP contribution in [0.1, 0.15) is 32.4 Å². The fourth-order valence-corrected chi connectivity index (χ4v) is 5.95. The number of aliphatic hydroxyl groups excluding tert-OH is 6. The lowest BCUT2D eigenvalue weighted by molar-refractivity contribution is -0.289. The van der Waals surface area contributed by atoms with E-state index in [1.807, 2.05) is 6.92 Å². The number of carboxylic acids is 1. The molecule has 12 N–H and O–H groups in total. The lowest BCUT2D eigenvalue weighted by atomic mass is 9.88. The van der Waals surface area contributed by atoms with Gasteiger partial charge in [-0.25, -0.2) is 18.7 Å². The molecular formula is C26H42N5O18P. The van der Waals surface area contributed by atoms with E-state index in [4.69, 9.17) is 29.0 Å². The van der Waals surface area contributed by atoms with Gasteiger partial charge >= 0.3 is 19.5 Å². The Morgan fingerprint density at radius 2 is 1.90 bits per heavy atom. The van der Waals surface area contributed by atoms with Gasteiger partial charge in [0.1, 0.15) is 42.4 Å². The second kappa shape index (κ2) is 17.9. The summed E-state index contributed by atoms with van der Waals surface area (Å²) in [7, 11) is -5.61. The van der Waals surface area contributed by atoms with E-state index in [9.17, 15) is 64.4 Å². The maximum absolute atomic E-state index is 13.0. The molecule has 2 amide bonds. The van der Waals surface area contributed by atoms with Crippen LogP contribution in [0.3, 0.4) is 0 Å². The molecule has 0 aliphatic carbocycles. The first kappa shape index (κ1) is 41.3. The zero-order chi connectivity index (χ0) is 37.4. The normalized spacial score (nSPS) is 30.6. The molecule has 0 bridgehead atoms. The van der Waals surface area contributed by atoms with Crippen LogP contribution >= 0.6 is 7.82 Å². The van der Waals surface area contributed by atoms with Crippen LogP contribution in [0, 0.1) is 0 Å². The number of rotatable bonds is 18. The highest BCUT2D eigenvalue weighted by Crippen LogP contribution is 2.51. The van der Waals surface area contributed by atoms with Crippen molar-refractivity contribution in [2.75, 3.05) is 38.7 Å². The predicted molar refractivity (Wildman–Crippen MR) is 161 cm³/mol. The number of nitrogens with zero attached hydrogens (tertiary/aromatic N) is 2. The number of phosphoric ester groups is 1. The maximum atomic E-state index is 13.0. The van der Waals surface area contributed by atoms with Crippen LogP contribution in [0.15, 0.2) is 17.1 Å². The van der Waals surface area contributed by atoms with Gasteiger partial charge in [-0.3, -0.25) is 18.7 Å². The molecule has 1 aromatic rings. The molecular weight excluding hydrogens is 701 g/mol. The minimum Gasteiger partial charge on any atom is -0.477 e. The van der Waals surface area contributed by atoms with Crippen LogP contribution in [-0.2, 0) is 42.2 Å². The number of carboxylic acid groups (broad SMARTS) is 1. The van der Waals surface area contributed by atoms with Crippen molar-refractivity contribution in [3.05, 3.63) is 22.7 Å². The number of aliphatic hydroxyl groups is 6. The summed E-state index contributed by atoms with van der Waals surface area (Å²) in [4.78, 5) is 63.1. The van der Waals surface area contributed by atoms with Crippen molar-refractivity contribution in [3.63, 3.8) is 0 Å². The zero-order valence-corrected chi connectivity index (χ0v) is 27.5. The Kier molecular flexibility index (Phi) is 14.7. The molecule has 11 atom stereocenters. The Morgan fingerprint density at radius 1 is 1.20 bits per heavy atom. The Balaban J connectivity index is 1.73. The molecule has 24 heteroatoms. The van der Waals surface area contributed by atoms with E-state index in [0.717, 1.165) is 17.2 Å². The molecule has 2 aliphatic heterocycles. The minimum absolute atomic E-state index is 0.0820. The van der Waals surface area contributed by atoms with Crippen molar-refractivity contribution < 1.29 is 82.8 Å². The highest BCUT2D eigenvalue weighted by molar-refractivity contribution is 7.47. The number of nitrogen functional groups attached to an aromatic ring is 1. The summed E-state index contributed by atoms with van der Waals surface area (Å²) in [6.45, 7) is -0.456. The number of hydrogen-bond donors (Lipinski definition) is 11. The van der Waals surface area contributed by atoms with Crippen molar-refractivity contribution >= 4 is 31.4 Å². The topological polar surface area (TPSA) is 361 Å². The molecule has 0 aromatic carbocycles. The molecule has 23 nitrogen and oxygen atoms in total. The summed E-state index contributed by atoms with van der Waals surface area (Å²) < 4.78 is 39.3. The van der Waals surface area contributed by atoms with Crippen LogP contribution in [0.4, 0.5) is 5.82 Å². The van der Waals surface area contributed by atoms with E-state index in [1.54, 1.807) is 0 Å². The average Bonchev–Trinajstić information content (AvgIpc) is 3.33. The van der Waals surface area contributed by atoms with Crippen molar-refractivity contribution in [2.24, 2.45) is 0 Å². The Morgan fingerprint density at radius 3 is 2.52 bits per heavy atom. The summed E-state index contributed by atoms with van der Waals surface area (Å²) in [5.41, 5.74) is 4.47. The summed E-state index contributed by atoms with van der Waals surface area (Å²) in [5, 5.41) is 76.4. The SMILES string of the molecule is CCCOCCC(=O)NCC(=O)NC1C(O)CC(OP(=O)(O)OC[C@H]2O[C@@H](n3ccc(N)nc3=O)[C@@H](O)[C@H]2O)(C(=O)O)OC1C(O)[C@H](O)CO. The van der Waals surface area contributed by atoms with E-state index in [0.29, 0.717) is 6.61 Å². The van der Waals surface area contributed by atoms with E-state index in [1.165, 1.54) is 6.07 Å². The molecule has 0 spiro atoms. The Hall–Kier alpha value is -3.16. The quantitative estimate of drug-likeness (QED) is 0.0494. The van der Waals surface area contributed by atoms with Crippen LogP contribution in [0.25, 0.3) is 0 Å². The highest BCUT2D eigenvalue weighted by atomic mass is 31.2. The monoisotopic (exact) mass is 743 g/mol. The number of hydrogen-bond acceptors (Lipinski definition) is 18. The second-order valence-corrected chi connectivity index (χ2v) is 12.7. The number of nitrogens with two attached hydrogens (primary N) is 1. The summed E-state index contributed by atoms with van der Waals surface area (Å²) in [6, 6.07) is -0.553. The molecule has 1 aromatic heterocycles. The molecule has 6 unspecified atom stereocenters. The fraction of sp³-hybridized carbons (Fsp3) is 0.731. The first-order chi connectivity index (χ1) is 23.4. The van der Waals surface area contributed by atoms with Crippen molar-refractivity contribution in [1.82, 2.24) is 20.2 Å². The first-order valence-corrected chi connectivity index (χ1v) is 16.7. The van der Waals surface area contributed by atoms with E-state index < -0.39 is 118 Å². The molecule has 0 radical (unpaired) electrons. The van der Waals surface area contributed by atoms with Gasteiger partial charge in [0.05, 0.1) is 38.5 Å². The van der Waals surface area contributed by atoms with E-state index in [-0.39, 0.29) is 18.8 Å². The van der Waals surface area contributed by atoms with Gasteiger partial charge in [0.15, 0.2) is 6.23 Å². The number of phosphoric acid groups is 1. The van der Waals surface area contributed by atoms with Crippen LogP contribution in [-0.4, -0.2) is 156 Å². The van der Waals surface area contributed by atoms with Gasteiger partial charge < -0.3 is 71.2 Å². The number of carbonyl (C=O) groups is 3. The fourth-order valence-electron chi connectivity index (χ4n) is 5.00. The lowest BCUT2D eigenvalue weighted by Gasteiger charge is -2.46. The predicted octanol–water partition coefficient (Wildman–Crippen LogP) is -5.36. The van der Waals surface area contributed by atoms with Gasteiger partial charge in [-0.05, 0) is 12.5 Å². The van der Waals surface area contributed by atoms with E-state index in [2.05, 4.69) is 15.6 Å². The number of nitrogens with one attached hydrogen (secondary N) is 2. The third kappa shape index (κ3) is 10.4. The average molecular weight is 744 g/mol. The molecule has 284 valence electrons. The van der Waals surface area contributed by atoms with Crippen molar-refractivity contribution in [3.8, 4) is 0 Å². The van der Waals surface area contributed by atoms with E-state index >= 15 is 0 Å². The summed E-state index contributed by atoms with van der Waals surface area (Å²) in [5.74, 6) is -7.14. The third-order valence-electron chi connectivity index (χ3n) is 7.54. The highest BCUT2D eigenvalue weighted by Gasteiger charge is 2.59. The Bertz CT molecular complexity index is 1440. The Labute approximate surface area is 283 Å². The number of amides is 2. The molecule has 3 heterocycles. The number of carbonyl (C=O) groups excluding carboxylic acids is 2. The minimum atomic E-state index is -5.61. The summed E-state index contributed by atoms with van der Waals surface area (Å²) >= 11 is 0. The van der Waals surface area contributed by atoms with Gasteiger partial charge in [-0.2, -0.15) is 4.98 Å². The number of aromatic nitrogens is 2. The van der Waals surface area contributed by atoms with Crippen molar-refractivity contribution in [2.45, 2.75) is 87.0 Å². The molecule has 2 fully saturated rings. The number of ether oxygens (including phenoxy) is 3. The third-order valence-corrected chi connectivity index (χ3v) is 8.54. The van der Waals surface area contributed by atoms with Gasteiger partial charge in [-0.15, -0.1) is 0 Å². The molecule has 2 aliphatic rings.